The first-order chi connectivity index (χ1) is 14.3. The smallest absolute Gasteiger partial charge is 0.317 e. The number of likely N-dealkylation sites (tertiary alicyclic amines) is 1. The molecule has 8 nitrogen and oxygen atoms in total. The van der Waals surface area contributed by atoms with Gasteiger partial charge in [0.15, 0.2) is 0 Å². The lowest BCUT2D eigenvalue weighted by molar-refractivity contribution is 0.0941. The zero-order valence-corrected chi connectivity index (χ0v) is 18.1. The third-order valence-electron chi connectivity index (χ3n) is 5.02. The van der Waals surface area contributed by atoms with Gasteiger partial charge in [-0.15, -0.1) is 0 Å². The van der Waals surface area contributed by atoms with Crippen LogP contribution in [0.3, 0.4) is 0 Å². The fourth-order valence-electron chi connectivity index (χ4n) is 3.48. The maximum absolute atomic E-state index is 12.7. The van der Waals surface area contributed by atoms with Crippen LogP contribution in [0, 0.1) is 0 Å². The van der Waals surface area contributed by atoms with E-state index in [1.807, 2.05) is 63.2 Å². The van der Waals surface area contributed by atoms with Crippen molar-refractivity contribution in [3.63, 3.8) is 0 Å². The number of carbonyl (C=O) groups excluding carboxylic acids is 2. The monoisotopic (exact) mass is 410 g/mol. The number of nitrogens with one attached hydrogen (secondary N) is 2. The molecule has 2 N–H and O–H groups in total. The number of nitrogens with zero attached hydrogens (tertiary/aromatic N) is 4. The molecule has 1 saturated heterocycles. The highest BCUT2D eigenvalue weighted by atomic mass is 16.2. The van der Waals surface area contributed by atoms with Crippen molar-refractivity contribution in [2.24, 2.45) is 0 Å². The number of carbonyl (C=O) groups is 2. The van der Waals surface area contributed by atoms with Crippen LogP contribution in [0.1, 0.15) is 47.8 Å². The molecule has 2 aromatic rings. The van der Waals surface area contributed by atoms with Crippen LogP contribution in [-0.2, 0) is 6.54 Å². The number of rotatable bonds is 6. The first-order valence-corrected chi connectivity index (χ1v) is 10.3. The van der Waals surface area contributed by atoms with Crippen molar-refractivity contribution >= 4 is 17.9 Å². The third kappa shape index (κ3) is 5.25. The summed E-state index contributed by atoms with van der Waals surface area (Å²) in [6.07, 6.45) is 2.35. The molecule has 1 aliphatic rings. The number of hydrogen-bond donors (Lipinski definition) is 2. The molecular weight excluding hydrogens is 380 g/mol. The summed E-state index contributed by atoms with van der Waals surface area (Å²) in [6, 6.07) is 9.74. The third-order valence-corrected chi connectivity index (χ3v) is 5.02. The van der Waals surface area contributed by atoms with Gasteiger partial charge in [0.2, 0.25) is 5.95 Å². The zero-order valence-electron chi connectivity index (χ0n) is 18.1. The number of amides is 3. The van der Waals surface area contributed by atoms with Crippen LogP contribution >= 0.6 is 0 Å². The van der Waals surface area contributed by atoms with E-state index in [-0.39, 0.29) is 23.9 Å². The van der Waals surface area contributed by atoms with Crippen molar-refractivity contribution < 1.29 is 9.59 Å². The Hall–Kier alpha value is -3.16. The lowest BCUT2D eigenvalue weighted by atomic mass is 9.99. The number of benzene rings is 1. The maximum atomic E-state index is 12.7. The van der Waals surface area contributed by atoms with Crippen molar-refractivity contribution in [3.8, 4) is 0 Å². The summed E-state index contributed by atoms with van der Waals surface area (Å²) >= 11 is 0. The second kappa shape index (κ2) is 9.56. The first kappa shape index (κ1) is 21.5. The Morgan fingerprint density at radius 2 is 1.97 bits per heavy atom. The Kier molecular flexibility index (Phi) is 6.87. The molecule has 1 aliphatic heterocycles. The van der Waals surface area contributed by atoms with Crippen LogP contribution in [0.5, 0.6) is 0 Å². The summed E-state index contributed by atoms with van der Waals surface area (Å²) in [5, 5.41) is 5.89. The Bertz CT molecular complexity index is 884. The van der Waals surface area contributed by atoms with E-state index in [1.54, 1.807) is 11.1 Å². The molecule has 0 radical (unpaired) electrons. The molecule has 30 heavy (non-hydrogen) atoms. The Morgan fingerprint density at radius 1 is 1.23 bits per heavy atom. The lowest BCUT2D eigenvalue weighted by Gasteiger charge is -2.20. The molecule has 3 rings (SSSR count). The fourth-order valence-corrected chi connectivity index (χ4v) is 3.48. The van der Waals surface area contributed by atoms with Gasteiger partial charge in [-0.2, -0.15) is 0 Å². The van der Waals surface area contributed by atoms with E-state index < -0.39 is 0 Å². The minimum Gasteiger partial charge on any atom is -0.350 e. The highest BCUT2D eigenvalue weighted by Gasteiger charge is 2.31. The molecule has 1 aromatic heterocycles. The summed E-state index contributed by atoms with van der Waals surface area (Å²) in [7, 11) is 3.73. The average molecular weight is 411 g/mol. The second-order valence-electron chi connectivity index (χ2n) is 8.07. The molecule has 1 aromatic carbocycles. The number of anilines is 1. The Balaban J connectivity index is 1.72. The molecule has 1 unspecified atom stereocenters. The van der Waals surface area contributed by atoms with Crippen molar-refractivity contribution in [1.29, 1.82) is 0 Å². The van der Waals surface area contributed by atoms with Gasteiger partial charge in [-0.05, 0) is 25.8 Å². The summed E-state index contributed by atoms with van der Waals surface area (Å²) in [6.45, 7) is 5.47. The molecule has 160 valence electrons. The van der Waals surface area contributed by atoms with Gasteiger partial charge in [-0.3, -0.25) is 4.79 Å². The minimum absolute atomic E-state index is 0.0120. The van der Waals surface area contributed by atoms with Gasteiger partial charge in [0.05, 0.1) is 11.3 Å². The van der Waals surface area contributed by atoms with Crippen molar-refractivity contribution in [1.82, 2.24) is 25.5 Å². The molecule has 1 fully saturated rings. The highest BCUT2D eigenvalue weighted by molar-refractivity contribution is 5.95. The van der Waals surface area contributed by atoms with Gasteiger partial charge < -0.3 is 20.4 Å². The number of urea groups is 1. The highest BCUT2D eigenvalue weighted by Crippen LogP contribution is 2.29. The van der Waals surface area contributed by atoms with Gasteiger partial charge in [0, 0.05) is 51.9 Å². The van der Waals surface area contributed by atoms with Crippen LogP contribution in [0.2, 0.25) is 0 Å². The van der Waals surface area contributed by atoms with E-state index in [0.717, 1.165) is 12.0 Å². The van der Waals surface area contributed by atoms with Crippen molar-refractivity contribution in [2.75, 3.05) is 32.1 Å². The normalized spacial score (nSPS) is 15.9. The molecule has 0 saturated carbocycles. The lowest BCUT2D eigenvalue weighted by Crippen LogP contribution is -2.38. The van der Waals surface area contributed by atoms with E-state index in [0.29, 0.717) is 36.8 Å². The van der Waals surface area contributed by atoms with Gasteiger partial charge in [-0.25, -0.2) is 14.8 Å². The standard InChI is InChI=1S/C22H30N6O2/c1-15(2)25-20(29)18-13-23-21(27(3)4)26-19(18)17-10-11-28(14-17)22(30)24-12-16-8-6-5-7-9-16/h5-9,13,15,17H,10-12,14H2,1-4H3,(H,24,30)(H,25,29). The maximum Gasteiger partial charge on any atom is 0.317 e. The molecule has 3 amide bonds. The quantitative estimate of drug-likeness (QED) is 0.763. The van der Waals surface area contributed by atoms with Crippen LogP contribution in [0.25, 0.3) is 0 Å². The fraction of sp³-hybridized carbons (Fsp3) is 0.455. The van der Waals surface area contributed by atoms with E-state index in [1.165, 1.54) is 0 Å². The van der Waals surface area contributed by atoms with Crippen LogP contribution < -0.4 is 15.5 Å². The Morgan fingerprint density at radius 3 is 2.63 bits per heavy atom. The molecule has 0 aliphatic carbocycles. The van der Waals surface area contributed by atoms with Crippen molar-refractivity contribution in [3.05, 3.63) is 53.3 Å². The van der Waals surface area contributed by atoms with Gasteiger partial charge in [-0.1, -0.05) is 30.3 Å². The summed E-state index contributed by atoms with van der Waals surface area (Å²) in [5.74, 6) is 0.359. The minimum atomic E-state index is -0.183. The topological polar surface area (TPSA) is 90.5 Å². The first-order valence-electron chi connectivity index (χ1n) is 10.3. The average Bonchev–Trinajstić information content (AvgIpc) is 3.22. The van der Waals surface area contributed by atoms with Gasteiger partial charge in [0.1, 0.15) is 0 Å². The number of aromatic nitrogens is 2. The summed E-state index contributed by atoms with van der Waals surface area (Å²) in [5.41, 5.74) is 2.23. The van der Waals surface area contributed by atoms with Crippen LogP contribution in [0.15, 0.2) is 36.5 Å². The van der Waals surface area contributed by atoms with Crippen LogP contribution in [0.4, 0.5) is 10.7 Å². The van der Waals surface area contributed by atoms with E-state index in [4.69, 9.17) is 0 Å². The molecular formula is C22H30N6O2. The van der Waals surface area contributed by atoms with E-state index in [2.05, 4.69) is 20.6 Å². The Labute approximate surface area is 177 Å². The summed E-state index contributed by atoms with van der Waals surface area (Å²) in [4.78, 5) is 37.9. The zero-order chi connectivity index (χ0) is 21.7. The van der Waals surface area contributed by atoms with Gasteiger partial charge in [0.25, 0.3) is 5.91 Å². The molecule has 8 heteroatoms. The predicted molar refractivity (Wildman–Crippen MR) is 117 cm³/mol. The molecule has 2 heterocycles. The predicted octanol–water partition coefficient (Wildman–Crippen LogP) is 2.38. The van der Waals surface area contributed by atoms with Gasteiger partial charge >= 0.3 is 6.03 Å². The van der Waals surface area contributed by atoms with Crippen LogP contribution in [-0.4, -0.2) is 60.0 Å². The SMILES string of the molecule is CC(C)NC(=O)c1cnc(N(C)C)nc1C1CCN(C(=O)NCc2ccccc2)C1. The van der Waals surface area contributed by atoms with E-state index in [9.17, 15) is 9.59 Å². The molecule has 1 atom stereocenters. The number of hydrogen-bond acceptors (Lipinski definition) is 5. The summed E-state index contributed by atoms with van der Waals surface area (Å²) < 4.78 is 0. The largest absolute Gasteiger partial charge is 0.350 e. The second-order valence-corrected chi connectivity index (χ2v) is 8.07. The van der Waals surface area contributed by atoms with Crippen molar-refractivity contribution in [2.45, 2.75) is 38.8 Å². The molecule has 0 spiro atoms. The molecule has 0 bridgehead atoms. The van der Waals surface area contributed by atoms with E-state index >= 15 is 0 Å².